The quantitative estimate of drug-likeness (QED) is 0.198. The van der Waals surface area contributed by atoms with Gasteiger partial charge in [0.25, 0.3) is 0 Å². The van der Waals surface area contributed by atoms with E-state index in [1.807, 2.05) is 73.7 Å². The largest absolute Gasteiger partial charge is 0.465 e. The summed E-state index contributed by atoms with van der Waals surface area (Å²) in [6, 6.07) is 17.0. The molecule has 43 heavy (non-hydrogen) atoms. The highest BCUT2D eigenvalue weighted by Crippen LogP contribution is 2.64. The summed E-state index contributed by atoms with van der Waals surface area (Å²) >= 11 is 0. The van der Waals surface area contributed by atoms with Gasteiger partial charge in [-0.25, -0.2) is 0 Å². The summed E-state index contributed by atoms with van der Waals surface area (Å²) in [6.07, 6.45) is 6.82. The molecule has 2 aromatic carbocycles. The Morgan fingerprint density at radius 1 is 1.09 bits per heavy atom. The maximum absolute atomic E-state index is 14.7. The molecular weight excluding hydrogens is 544 g/mol. The number of carbonyl (C=O) groups is 3. The van der Waals surface area contributed by atoms with Crippen LogP contribution in [0.25, 0.3) is 0 Å². The van der Waals surface area contributed by atoms with Crippen molar-refractivity contribution in [2.75, 3.05) is 19.8 Å². The first kappa shape index (κ1) is 30.7. The van der Waals surface area contributed by atoms with Crippen molar-refractivity contribution < 1.29 is 29.0 Å². The van der Waals surface area contributed by atoms with Gasteiger partial charge in [0, 0.05) is 13.1 Å². The molecule has 0 saturated carbocycles. The van der Waals surface area contributed by atoms with Crippen LogP contribution < -0.4 is 0 Å². The number of unbranched alkanes of at least 4 members (excludes halogenated alkanes) is 2. The number of carbonyl (C=O) groups excluding carboxylic acids is 3. The SMILES string of the molecule is C=CCCCCOC(=O)[C@@H]1[C@H]2C(=O)N([C@H](CO)c3ccccc3)C(C(=O)N(CC=C)Cc3ccccc3)C23CC[C@@]1(C)O3. The highest BCUT2D eigenvalue weighted by molar-refractivity contribution is 5.98. The number of esters is 1. The van der Waals surface area contributed by atoms with E-state index in [0.29, 0.717) is 31.4 Å². The van der Waals surface area contributed by atoms with Crippen molar-refractivity contribution >= 4 is 17.8 Å². The van der Waals surface area contributed by atoms with E-state index >= 15 is 0 Å². The van der Waals surface area contributed by atoms with Gasteiger partial charge >= 0.3 is 5.97 Å². The van der Waals surface area contributed by atoms with Crippen molar-refractivity contribution in [3.63, 3.8) is 0 Å². The third-order valence-corrected chi connectivity index (χ3v) is 9.32. The second-order valence-corrected chi connectivity index (χ2v) is 12.0. The molecule has 228 valence electrons. The fourth-order valence-corrected chi connectivity index (χ4v) is 7.38. The van der Waals surface area contributed by atoms with Crippen LogP contribution in [0.4, 0.5) is 0 Å². The molecule has 1 N–H and O–H groups in total. The molecule has 2 unspecified atom stereocenters. The lowest BCUT2D eigenvalue weighted by Crippen LogP contribution is -2.57. The summed E-state index contributed by atoms with van der Waals surface area (Å²) in [4.78, 5) is 46.2. The lowest BCUT2D eigenvalue weighted by Gasteiger charge is -2.39. The van der Waals surface area contributed by atoms with Crippen LogP contribution in [0.5, 0.6) is 0 Å². The molecule has 5 rings (SSSR count). The number of hydrogen-bond donors (Lipinski definition) is 1. The van der Waals surface area contributed by atoms with E-state index in [1.54, 1.807) is 11.0 Å². The molecule has 0 aromatic heterocycles. The molecule has 3 aliphatic rings. The van der Waals surface area contributed by atoms with Crippen LogP contribution >= 0.6 is 0 Å². The van der Waals surface area contributed by atoms with E-state index in [0.717, 1.165) is 18.4 Å². The number of rotatable bonds is 14. The average molecular weight is 587 g/mol. The number of fused-ring (bicyclic) bond motifs is 1. The predicted molar refractivity (Wildman–Crippen MR) is 162 cm³/mol. The molecule has 2 bridgehead atoms. The third kappa shape index (κ3) is 5.54. The minimum Gasteiger partial charge on any atom is -0.465 e. The second-order valence-electron chi connectivity index (χ2n) is 12.0. The molecule has 2 amide bonds. The monoisotopic (exact) mass is 586 g/mol. The highest BCUT2D eigenvalue weighted by Gasteiger charge is 2.79. The molecule has 8 nitrogen and oxygen atoms in total. The molecule has 3 heterocycles. The molecule has 2 aromatic rings. The first-order valence-electron chi connectivity index (χ1n) is 15.2. The Balaban J connectivity index is 1.54. The van der Waals surface area contributed by atoms with Crippen LogP contribution in [0.2, 0.25) is 0 Å². The van der Waals surface area contributed by atoms with Gasteiger partial charge in [-0.3, -0.25) is 14.4 Å². The van der Waals surface area contributed by atoms with Crippen LogP contribution in [-0.2, 0) is 30.4 Å². The van der Waals surface area contributed by atoms with Crippen molar-refractivity contribution in [2.24, 2.45) is 11.8 Å². The Morgan fingerprint density at radius 2 is 1.79 bits per heavy atom. The summed E-state index contributed by atoms with van der Waals surface area (Å²) in [5.74, 6) is -2.89. The average Bonchev–Trinajstić information content (AvgIpc) is 3.59. The van der Waals surface area contributed by atoms with Crippen LogP contribution in [0.15, 0.2) is 86.0 Å². The van der Waals surface area contributed by atoms with Gasteiger partial charge in [0.2, 0.25) is 11.8 Å². The summed E-state index contributed by atoms with van der Waals surface area (Å²) in [5, 5.41) is 10.7. The minimum absolute atomic E-state index is 0.243. The minimum atomic E-state index is -1.23. The maximum atomic E-state index is 14.7. The normalized spacial score (nSPS) is 27.9. The summed E-state index contributed by atoms with van der Waals surface area (Å²) in [5.41, 5.74) is -0.528. The van der Waals surface area contributed by atoms with Gasteiger partial charge in [-0.1, -0.05) is 72.8 Å². The van der Waals surface area contributed by atoms with Gasteiger partial charge in [-0.15, -0.1) is 13.2 Å². The molecule has 0 radical (unpaired) electrons. The smallest absolute Gasteiger partial charge is 0.312 e. The number of aliphatic hydroxyl groups excluding tert-OH is 1. The second kappa shape index (κ2) is 12.9. The van der Waals surface area contributed by atoms with E-state index in [4.69, 9.17) is 9.47 Å². The maximum Gasteiger partial charge on any atom is 0.312 e. The lowest BCUT2D eigenvalue weighted by molar-refractivity contribution is -0.162. The number of nitrogens with zero attached hydrogens (tertiary/aromatic N) is 2. The topological polar surface area (TPSA) is 96.4 Å². The van der Waals surface area contributed by atoms with Gasteiger partial charge in [0.05, 0.1) is 30.8 Å². The van der Waals surface area contributed by atoms with Crippen molar-refractivity contribution in [3.8, 4) is 0 Å². The number of hydrogen-bond acceptors (Lipinski definition) is 6. The highest BCUT2D eigenvalue weighted by atomic mass is 16.6. The molecule has 3 fully saturated rings. The Morgan fingerprint density at radius 3 is 2.44 bits per heavy atom. The van der Waals surface area contributed by atoms with Gasteiger partial charge in [0.1, 0.15) is 17.6 Å². The van der Waals surface area contributed by atoms with E-state index in [-0.39, 0.29) is 25.0 Å². The Kier molecular flexibility index (Phi) is 9.18. The molecular formula is C35H42N2O6. The summed E-state index contributed by atoms with van der Waals surface area (Å²) in [6.45, 7) is 9.89. The molecule has 1 spiro atoms. The van der Waals surface area contributed by atoms with E-state index in [9.17, 15) is 19.5 Å². The van der Waals surface area contributed by atoms with Gasteiger partial charge in [-0.2, -0.15) is 0 Å². The number of benzene rings is 2. The zero-order valence-corrected chi connectivity index (χ0v) is 24.9. The van der Waals surface area contributed by atoms with E-state index in [1.165, 1.54) is 4.90 Å². The summed E-state index contributed by atoms with van der Waals surface area (Å²) < 4.78 is 12.5. The summed E-state index contributed by atoms with van der Waals surface area (Å²) in [7, 11) is 0. The third-order valence-electron chi connectivity index (χ3n) is 9.32. The van der Waals surface area contributed by atoms with Crippen LogP contribution in [0.1, 0.15) is 56.2 Å². The molecule has 3 aliphatic heterocycles. The van der Waals surface area contributed by atoms with Gasteiger partial charge in [0.15, 0.2) is 0 Å². The zero-order valence-electron chi connectivity index (χ0n) is 24.9. The van der Waals surface area contributed by atoms with Crippen LogP contribution in [-0.4, -0.2) is 69.7 Å². The number of aliphatic hydroxyl groups is 1. The molecule has 3 saturated heterocycles. The fourth-order valence-electron chi connectivity index (χ4n) is 7.38. The van der Waals surface area contributed by atoms with Crippen molar-refractivity contribution in [3.05, 3.63) is 97.1 Å². The number of allylic oxidation sites excluding steroid dienone is 1. The Hall–Kier alpha value is -3.75. The molecule has 6 atom stereocenters. The van der Waals surface area contributed by atoms with Gasteiger partial charge < -0.3 is 24.4 Å². The number of likely N-dealkylation sites (tertiary alicyclic amines) is 1. The molecule has 8 heteroatoms. The van der Waals surface area contributed by atoms with Crippen LogP contribution in [0, 0.1) is 11.8 Å². The first-order valence-corrected chi connectivity index (χ1v) is 15.2. The van der Waals surface area contributed by atoms with E-state index in [2.05, 4.69) is 13.2 Å². The zero-order chi connectivity index (χ0) is 30.6. The van der Waals surface area contributed by atoms with Crippen molar-refractivity contribution in [1.82, 2.24) is 9.80 Å². The lowest BCUT2D eigenvalue weighted by atomic mass is 9.66. The van der Waals surface area contributed by atoms with Crippen molar-refractivity contribution in [1.29, 1.82) is 0 Å². The molecule has 0 aliphatic carbocycles. The Labute approximate surface area is 254 Å². The predicted octanol–water partition coefficient (Wildman–Crippen LogP) is 4.60. The standard InChI is InChI=1S/C35H42N2O6/c1-4-6-7-14-22-42-33(41)29-28-31(39)37(27(24-38)26-17-12-9-13-18-26)30(35(28)20-19-34(29,3)43-35)32(40)36(21-5-2)23-25-15-10-8-11-16-25/h4-5,8-13,15-18,27-30,38H,1-2,6-7,14,19-24H2,3H3/t27-,28+,29+,30?,34-,35?/m1/s1. The van der Waals surface area contributed by atoms with E-state index < -0.39 is 47.7 Å². The first-order chi connectivity index (χ1) is 20.8. The van der Waals surface area contributed by atoms with Gasteiger partial charge in [-0.05, 0) is 50.2 Å². The number of ether oxygens (including phenoxy) is 2. The number of amides is 2. The van der Waals surface area contributed by atoms with Crippen molar-refractivity contribution in [2.45, 2.75) is 68.9 Å². The Bertz CT molecular complexity index is 1330. The van der Waals surface area contributed by atoms with Crippen LogP contribution in [0.3, 0.4) is 0 Å². The fraction of sp³-hybridized carbons (Fsp3) is 0.457.